The molecule has 0 bridgehead atoms. The van der Waals surface area contributed by atoms with Gasteiger partial charge in [-0.05, 0) is 27.7 Å². The quantitative estimate of drug-likeness (QED) is 0.809. The van der Waals surface area contributed by atoms with Crippen molar-refractivity contribution >= 4 is 11.3 Å². The highest BCUT2D eigenvalue weighted by Gasteiger charge is 2.13. The Morgan fingerprint density at radius 3 is 2.67 bits per heavy atom. The average Bonchev–Trinajstić information content (AvgIpc) is 2.61. The lowest BCUT2D eigenvalue weighted by Crippen LogP contribution is -2.32. The Morgan fingerprint density at radius 2 is 2.13 bits per heavy atom. The van der Waals surface area contributed by atoms with Crippen molar-refractivity contribution in [1.29, 1.82) is 0 Å². The number of nitrogens with zero attached hydrogens (tertiary/aromatic N) is 2. The van der Waals surface area contributed by atoms with Gasteiger partial charge in [0.25, 0.3) is 0 Å². The first-order chi connectivity index (χ1) is 7.13. The molecule has 1 N–H and O–H groups in total. The monoisotopic (exact) mass is 229 g/mol. The smallest absolute Gasteiger partial charge is 0.134 e. The largest absolute Gasteiger partial charge is 0.380 e. The van der Waals surface area contributed by atoms with E-state index < -0.39 is 0 Å². The van der Waals surface area contributed by atoms with Crippen LogP contribution in [-0.4, -0.2) is 29.5 Å². The van der Waals surface area contributed by atoms with Crippen molar-refractivity contribution in [3.63, 3.8) is 0 Å². The Morgan fingerprint density at radius 1 is 1.40 bits per heavy atom. The summed E-state index contributed by atoms with van der Waals surface area (Å²) in [5.74, 6) is 0. The van der Waals surface area contributed by atoms with Crippen molar-refractivity contribution in [2.45, 2.75) is 39.8 Å². The van der Waals surface area contributed by atoms with Gasteiger partial charge in [-0.1, -0.05) is 0 Å². The zero-order valence-electron chi connectivity index (χ0n) is 9.78. The van der Waals surface area contributed by atoms with Crippen LogP contribution in [0.1, 0.15) is 36.8 Å². The number of aromatic nitrogens is 2. The normalized spacial score (nSPS) is 15.2. The summed E-state index contributed by atoms with van der Waals surface area (Å²) >= 11 is 1.64. The first-order valence-corrected chi connectivity index (χ1v) is 6.09. The first kappa shape index (κ1) is 12.5. The van der Waals surface area contributed by atoms with Crippen molar-refractivity contribution in [1.82, 2.24) is 15.5 Å². The third-order valence-corrected chi connectivity index (χ3v) is 3.04. The molecule has 2 unspecified atom stereocenters. The maximum atomic E-state index is 5.34. The van der Waals surface area contributed by atoms with E-state index in [0.29, 0.717) is 6.04 Å². The third kappa shape index (κ3) is 4.24. The molecule has 4 nitrogen and oxygen atoms in total. The molecule has 0 radical (unpaired) electrons. The van der Waals surface area contributed by atoms with Crippen LogP contribution in [0.15, 0.2) is 0 Å². The summed E-state index contributed by atoms with van der Waals surface area (Å²) < 4.78 is 5.34. The maximum absolute atomic E-state index is 5.34. The molecule has 0 spiro atoms. The molecule has 2 atom stereocenters. The van der Waals surface area contributed by atoms with Gasteiger partial charge in [0.05, 0.1) is 12.6 Å². The molecular formula is C10H19N3OS. The Balaban J connectivity index is 2.38. The van der Waals surface area contributed by atoms with E-state index in [1.807, 2.05) is 13.8 Å². The Hall–Kier alpha value is -0.520. The van der Waals surface area contributed by atoms with Gasteiger partial charge in [0, 0.05) is 12.6 Å². The molecule has 0 saturated heterocycles. The summed E-state index contributed by atoms with van der Waals surface area (Å²) in [6.07, 6.45) is 0. The van der Waals surface area contributed by atoms with Crippen molar-refractivity contribution in [2.24, 2.45) is 0 Å². The van der Waals surface area contributed by atoms with E-state index in [9.17, 15) is 0 Å². The molecule has 86 valence electrons. The van der Waals surface area contributed by atoms with E-state index in [1.165, 1.54) is 0 Å². The molecule has 5 heteroatoms. The Kier molecular flexibility index (Phi) is 5.14. The van der Waals surface area contributed by atoms with Crippen molar-refractivity contribution in [3.8, 4) is 0 Å². The van der Waals surface area contributed by atoms with Crippen LogP contribution in [0.25, 0.3) is 0 Å². The number of hydrogen-bond acceptors (Lipinski definition) is 5. The topological polar surface area (TPSA) is 47.0 Å². The number of hydrogen-bond donors (Lipinski definition) is 1. The van der Waals surface area contributed by atoms with Crippen LogP contribution >= 0.6 is 11.3 Å². The first-order valence-electron chi connectivity index (χ1n) is 5.27. The Labute approximate surface area is 95.1 Å². The fraction of sp³-hybridized carbons (Fsp3) is 0.800. The molecule has 0 saturated carbocycles. The zero-order chi connectivity index (χ0) is 11.3. The molecule has 0 amide bonds. The van der Waals surface area contributed by atoms with Gasteiger partial charge in [0.15, 0.2) is 0 Å². The van der Waals surface area contributed by atoms with E-state index in [4.69, 9.17) is 4.74 Å². The summed E-state index contributed by atoms with van der Waals surface area (Å²) in [7, 11) is 0. The van der Waals surface area contributed by atoms with Gasteiger partial charge in [-0.15, -0.1) is 21.5 Å². The summed E-state index contributed by atoms with van der Waals surface area (Å²) in [5.41, 5.74) is 0. The summed E-state index contributed by atoms with van der Waals surface area (Å²) in [5, 5.41) is 13.6. The lowest BCUT2D eigenvalue weighted by atomic mass is 10.3. The predicted octanol–water partition coefficient (Wildman–Crippen LogP) is 1.92. The van der Waals surface area contributed by atoms with Crippen LogP contribution < -0.4 is 5.32 Å². The highest BCUT2D eigenvalue weighted by Crippen LogP contribution is 2.17. The molecule has 0 aliphatic heterocycles. The van der Waals surface area contributed by atoms with E-state index in [0.717, 1.165) is 23.2 Å². The lowest BCUT2D eigenvalue weighted by molar-refractivity contribution is 0.124. The highest BCUT2D eigenvalue weighted by atomic mass is 32.1. The van der Waals surface area contributed by atoms with E-state index in [2.05, 4.69) is 29.4 Å². The van der Waals surface area contributed by atoms with E-state index in [1.54, 1.807) is 11.3 Å². The van der Waals surface area contributed by atoms with Crippen molar-refractivity contribution < 1.29 is 4.74 Å². The van der Waals surface area contributed by atoms with Gasteiger partial charge < -0.3 is 10.1 Å². The van der Waals surface area contributed by atoms with Crippen molar-refractivity contribution in [2.75, 3.05) is 13.2 Å². The number of nitrogens with one attached hydrogen (secondary N) is 1. The zero-order valence-corrected chi connectivity index (χ0v) is 10.6. The highest BCUT2D eigenvalue weighted by molar-refractivity contribution is 7.11. The second-order valence-electron chi connectivity index (χ2n) is 3.61. The van der Waals surface area contributed by atoms with Crippen molar-refractivity contribution in [3.05, 3.63) is 10.0 Å². The predicted molar refractivity (Wildman–Crippen MR) is 62.2 cm³/mol. The molecular weight excluding hydrogens is 210 g/mol. The fourth-order valence-electron chi connectivity index (χ4n) is 1.33. The van der Waals surface area contributed by atoms with Gasteiger partial charge in [-0.3, -0.25) is 0 Å². The summed E-state index contributed by atoms with van der Waals surface area (Å²) in [6, 6.07) is 0.579. The number of aryl methyl sites for hydroxylation is 1. The minimum Gasteiger partial charge on any atom is -0.380 e. The average molecular weight is 229 g/mol. The van der Waals surface area contributed by atoms with Gasteiger partial charge in [-0.25, -0.2) is 0 Å². The number of rotatable bonds is 6. The molecule has 0 fully saturated rings. The van der Waals surface area contributed by atoms with Gasteiger partial charge in [0.1, 0.15) is 10.0 Å². The molecule has 15 heavy (non-hydrogen) atoms. The molecule has 0 aliphatic carbocycles. The van der Waals surface area contributed by atoms with Crippen LogP contribution in [0.3, 0.4) is 0 Å². The SMILES string of the molecule is CCOCC(C)NC(C)c1nnc(C)s1. The second kappa shape index (κ2) is 6.15. The van der Waals surface area contributed by atoms with Gasteiger partial charge >= 0.3 is 0 Å². The lowest BCUT2D eigenvalue weighted by Gasteiger charge is -2.17. The fourth-order valence-corrected chi connectivity index (χ4v) is 2.04. The number of ether oxygens (including phenoxy) is 1. The molecule has 0 aromatic carbocycles. The third-order valence-electron chi connectivity index (χ3n) is 2.02. The minimum absolute atomic E-state index is 0.242. The standard InChI is InChI=1S/C10H19N3OS/c1-5-14-6-7(2)11-8(3)10-13-12-9(4)15-10/h7-8,11H,5-6H2,1-4H3. The van der Waals surface area contributed by atoms with Gasteiger partial charge in [0.2, 0.25) is 0 Å². The van der Waals surface area contributed by atoms with Gasteiger partial charge in [-0.2, -0.15) is 0 Å². The minimum atomic E-state index is 0.242. The second-order valence-corrected chi connectivity index (χ2v) is 4.82. The van der Waals surface area contributed by atoms with Crippen LogP contribution in [0.4, 0.5) is 0 Å². The Bertz CT molecular complexity index is 290. The van der Waals surface area contributed by atoms with Crippen LogP contribution in [0, 0.1) is 6.92 Å². The van der Waals surface area contributed by atoms with Crippen LogP contribution in [-0.2, 0) is 4.74 Å². The summed E-state index contributed by atoms with van der Waals surface area (Å²) in [4.78, 5) is 0. The molecule has 1 aromatic rings. The molecule has 0 aliphatic rings. The molecule has 1 heterocycles. The van der Waals surface area contributed by atoms with Crippen LogP contribution in [0.2, 0.25) is 0 Å². The molecule has 1 rings (SSSR count). The molecule has 1 aromatic heterocycles. The van der Waals surface area contributed by atoms with Crippen LogP contribution in [0.5, 0.6) is 0 Å². The van der Waals surface area contributed by atoms with E-state index in [-0.39, 0.29) is 6.04 Å². The maximum Gasteiger partial charge on any atom is 0.134 e. The summed E-state index contributed by atoms with van der Waals surface area (Å²) in [6.45, 7) is 9.68. The van der Waals surface area contributed by atoms with E-state index >= 15 is 0 Å².